The van der Waals surface area contributed by atoms with Gasteiger partial charge in [-0.2, -0.15) is 0 Å². The quantitative estimate of drug-likeness (QED) is 0.792. The van der Waals surface area contributed by atoms with Gasteiger partial charge in [-0.25, -0.2) is 8.78 Å². The second kappa shape index (κ2) is 5.80. The molecule has 0 N–H and O–H groups in total. The van der Waals surface area contributed by atoms with Crippen LogP contribution in [-0.2, 0) is 6.61 Å². The van der Waals surface area contributed by atoms with Crippen molar-refractivity contribution in [1.82, 2.24) is 0 Å². The van der Waals surface area contributed by atoms with E-state index < -0.39 is 11.6 Å². The predicted octanol–water partition coefficient (Wildman–Crippen LogP) is 4.01. The van der Waals surface area contributed by atoms with Crippen LogP contribution >= 0.6 is 11.6 Å². The van der Waals surface area contributed by atoms with Gasteiger partial charge in [-0.1, -0.05) is 11.6 Å². The first kappa shape index (κ1) is 13.5. The number of ether oxygens (including phenoxy) is 1. The number of carbonyl (C=O) groups is 1. The van der Waals surface area contributed by atoms with Gasteiger partial charge in [0.05, 0.1) is 0 Å². The summed E-state index contributed by atoms with van der Waals surface area (Å²) in [6, 6.07) is 7.69. The van der Waals surface area contributed by atoms with E-state index >= 15 is 0 Å². The van der Waals surface area contributed by atoms with Gasteiger partial charge in [0.1, 0.15) is 18.7 Å². The fourth-order valence-electron chi connectivity index (χ4n) is 1.52. The number of hydrogen-bond acceptors (Lipinski definition) is 2. The highest BCUT2D eigenvalue weighted by atomic mass is 35.5. The lowest BCUT2D eigenvalue weighted by Gasteiger charge is -2.09. The molecule has 0 radical (unpaired) electrons. The van der Waals surface area contributed by atoms with Crippen LogP contribution in [0.1, 0.15) is 15.9 Å². The van der Waals surface area contributed by atoms with Gasteiger partial charge in [0.15, 0.2) is 11.6 Å². The maximum absolute atomic E-state index is 13.5. The maximum atomic E-state index is 13.5. The molecule has 0 amide bonds. The van der Waals surface area contributed by atoms with E-state index in [-0.39, 0.29) is 17.9 Å². The highest BCUT2D eigenvalue weighted by Crippen LogP contribution is 2.22. The molecule has 0 fully saturated rings. The molecule has 0 aliphatic carbocycles. The molecule has 2 aromatic carbocycles. The first-order valence-corrected chi connectivity index (χ1v) is 5.79. The molecule has 5 heteroatoms. The molecular formula is C14H9ClF2O2. The molecule has 0 heterocycles. The third-order valence-corrected chi connectivity index (χ3v) is 2.85. The molecule has 0 aromatic heterocycles. The van der Waals surface area contributed by atoms with Crippen LogP contribution in [0.5, 0.6) is 5.75 Å². The van der Waals surface area contributed by atoms with Gasteiger partial charge in [0.2, 0.25) is 0 Å². The Bertz CT molecular complexity index is 614. The highest BCUT2D eigenvalue weighted by molar-refractivity contribution is 6.31. The molecule has 98 valence electrons. The normalized spacial score (nSPS) is 10.3. The molecule has 0 aliphatic heterocycles. The Morgan fingerprint density at radius 3 is 2.63 bits per heavy atom. The fourth-order valence-corrected chi connectivity index (χ4v) is 1.69. The molecule has 0 bridgehead atoms. The van der Waals surface area contributed by atoms with Crippen LogP contribution in [0.3, 0.4) is 0 Å². The molecule has 0 aliphatic rings. The van der Waals surface area contributed by atoms with E-state index in [1.165, 1.54) is 30.3 Å². The van der Waals surface area contributed by atoms with E-state index in [2.05, 4.69) is 0 Å². The minimum Gasteiger partial charge on any atom is -0.486 e. The van der Waals surface area contributed by atoms with E-state index in [0.29, 0.717) is 16.9 Å². The lowest BCUT2D eigenvalue weighted by Crippen LogP contribution is -1.99. The first-order chi connectivity index (χ1) is 9.10. The van der Waals surface area contributed by atoms with Gasteiger partial charge >= 0.3 is 0 Å². The van der Waals surface area contributed by atoms with Crippen LogP contribution < -0.4 is 4.74 Å². The highest BCUT2D eigenvalue weighted by Gasteiger charge is 2.07. The summed E-state index contributed by atoms with van der Waals surface area (Å²) >= 11 is 5.86. The summed E-state index contributed by atoms with van der Waals surface area (Å²) in [4.78, 5) is 10.5. The third-order valence-electron chi connectivity index (χ3n) is 2.48. The van der Waals surface area contributed by atoms with Crippen LogP contribution in [0.15, 0.2) is 36.4 Å². The number of hydrogen-bond donors (Lipinski definition) is 0. The summed E-state index contributed by atoms with van der Waals surface area (Å²) in [6.07, 6.45) is 0.538. The van der Waals surface area contributed by atoms with E-state index in [1.54, 1.807) is 0 Å². The molecule has 0 atom stereocenters. The van der Waals surface area contributed by atoms with Crippen molar-refractivity contribution in [3.8, 4) is 5.75 Å². The van der Waals surface area contributed by atoms with Crippen molar-refractivity contribution in [2.45, 2.75) is 6.61 Å². The van der Waals surface area contributed by atoms with Crippen LogP contribution in [0.25, 0.3) is 0 Å². The lowest BCUT2D eigenvalue weighted by atomic mass is 10.2. The summed E-state index contributed by atoms with van der Waals surface area (Å²) in [5, 5.41) is 0.339. The number of aldehydes is 1. The van der Waals surface area contributed by atoms with Crippen molar-refractivity contribution in [2.24, 2.45) is 0 Å². The fraction of sp³-hybridized carbons (Fsp3) is 0.0714. The molecule has 2 nitrogen and oxygen atoms in total. The Balaban J connectivity index is 2.14. The maximum Gasteiger partial charge on any atom is 0.165 e. The Kier molecular flexibility index (Phi) is 4.12. The Morgan fingerprint density at radius 2 is 1.95 bits per heavy atom. The van der Waals surface area contributed by atoms with Crippen molar-refractivity contribution in [1.29, 1.82) is 0 Å². The van der Waals surface area contributed by atoms with Gasteiger partial charge < -0.3 is 4.74 Å². The standard InChI is InChI=1S/C14H9ClF2O2/c15-12-3-2-11(16)6-10(12)8-19-14-4-1-9(7-18)5-13(14)17/h1-7H,8H2. The average molecular weight is 283 g/mol. The monoisotopic (exact) mass is 282 g/mol. The molecule has 0 saturated carbocycles. The number of carbonyl (C=O) groups excluding carboxylic acids is 1. The van der Waals surface area contributed by atoms with E-state index in [0.717, 1.165) is 6.07 Å². The van der Waals surface area contributed by atoms with Crippen LogP contribution in [0.2, 0.25) is 5.02 Å². The third kappa shape index (κ3) is 3.29. The van der Waals surface area contributed by atoms with Gasteiger partial charge in [0, 0.05) is 16.1 Å². The average Bonchev–Trinajstić information content (AvgIpc) is 2.40. The number of halogens is 3. The molecule has 2 aromatic rings. The number of rotatable bonds is 4. The van der Waals surface area contributed by atoms with Gasteiger partial charge in [-0.15, -0.1) is 0 Å². The minimum atomic E-state index is -0.655. The molecule has 0 saturated heterocycles. The zero-order chi connectivity index (χ0) is 13.8. The van der Waals surface area contributed by atoms with Crippen LogP contribution in [-0.4, -0.2) is 6.29 Å². The summed E-state index contributed by atoms with van der Waals surface area (Å²) < 4.78 is 31.8. The molecule has 0 unspecified atom stereocenters. The van der Waals surface area contributed by atoms with E-state index in [1.807, 2.05) is 0 Å². The molecule has 19 heavy (non-hydrogen) atoms. The SMILES string of the molecule is O=Cc1ccc(OCc2cc(F)ccc2Cl)c(F)c1. The summed E-state index contributed by atoms with van der Waals surface area (Å²) in [7, 11) is 0. The van der Waals surface area contributed by atoms with E-state index in [9.17, 15) is 13.6 Å². The number of benzene rings is 2. The molecular weight excluding hydrogens is 274 g/mol. The smallest absolute Gasteiger partial charge is 0.165 e. The molecule has 0 spiro atoms. The van der Waals surface area contributed by atoms with Gasteiger partial charge in [-0.3, -0.25) is 4.79 Å². The molecule has 2 rings (SSSR count). The second-order valence-corrected chi connectivity index (χ2v) is 4.24. The zero-order valence-electron chi connectivity index (χ0n) is 9.70. The lowest BCUT2D eigenvalue weighted by molar-refractivity contribution is 0.112. The van der Waals surface area contributed by atoms with Gasteiger partial charge in [0.25, 0.3) is 0 Å². The largest absolute Gasteiger partial charge is 0.486 e. The van der Waals surface area contributed by atoms with Crippen molar-refractivity contribution >= 4 is 17.9 Å². The minimum absolute atomic E-state index is 0.0223. The van der Waals surface area contributed by atoms with Crippen LogP contribution in [0, 0.1) is 11.6 Å². The Labute approximate surface area is 113 Å². The van der Waals surface area contributed by atoms with Crippen LogP contribution in [0.4, 0.5) is 8.78 Å². The van der Waals surface area contributed by atoms with Gasteiger partial charge in [-0.05, 0) is 36.4 Å². The summed E-state index contributed by atoms with van der Waals surface area (Å²) in [6.45, 7) is -0.0616. The van der Waals surface area contributed by atoms with Crippen molar-refractivity contribution in [2.75, 3.05) is 0 Å². The first-order valence-electron chi connectivity index (χ1n) is 5.41. The Morgan fingerprint density at radius 1 is 1.16 bits per heavy atom. The summed E-state index contributed by atoms with van der Waals surface area (Å²) in [5.41, 5.74) is 0.633. The van der Waals surface area contributed by atoms with Crippen molar-refractivity contribution < 1.29 is 18.3 Å². The van der Waals surface area contributed by atoms with Crippen molar-refractivity contribution in [3.63, 3.8) is 0 Å². The second-order valence-electron chi connectivity index (χ2n) is 3.83. The topological polar surface area (TPSA) is 26.3 Å². The summed E-state index contributed by atoms with van der Waals surface area (Å²) in [5.74, 6) is -1.12. The zero-order valence-corrected chi connectivity index (χ0v) is 10.5. The van der Waals surface area contributed by atoms with E-state index in [4.69, 9.17) is 16.3 Å². The Hall–Kier alpha value is -1.94. The predicted molar refractivity (Wildman–Crippen MR) is 67.5 cm³/mol. The van der Waals surface area contributed by atoms with Crippen molar-refractivity contribution in [3.05, 3.63) is 64.2 Å².